The van der Waals surface area contributed by atoms with E-state index in [2.05, 4.69) is 42.5 Å². The van der Waals surface area contributed by atoms with E-state index in [-0.39, 0.29) is 5.84 Å². The summed E-state index contributed by atoms with van der Waals surface area (Å²) in [6.07, 6.45) is 4.18. The number of nitrogen functional groups attached to an aromatic ring is 1. The van der Waals surface area contributed by atoms with Crippen LogP contribution in [0.15, 0.2) is 60.7 Å². The van der Waals surface area contributed by atoms with Crippen molar-refractivity contribution in [2.24, 2.45) is 11.5 Å². The zero-order chi connectivity index (χ0) is 16.2. The Bertz CT molecular complexity index is 877. The Hall–Kier alpha value is -2.91. The van der Waals surface area contributed by atoms with Crippen molar-refractivity contribution < 1.29 is 0 Å². The first-order chi connectivity index (χ1) is 11.2. The number of benzene rings is 3. The van der Waals surface area contributed by atoms with Crippen molar-refractivity contribution in [3.63, 3.8) is 0 Å². The van der Waals surface area contributed by atoms with Gasteiger partial charge in [-0.2, -0.15) is 0 Å². The molecule has 0 aliphatic carbocycles. The molecule has 0 atom stereocenters. The highest BCUT2D eigenvalue weighted by atomic mass is 14.7. The SMILES string of the molecule is N=C(N)c1ccc2cc(C=Cc3ccc(CN)cc3)ccc2c1. The number of hydrogen-bond acceptors (Lipinski definition) is 2. The minimum absolute atomic E-state index is 0.0943. The number of amidine groups is 1. The maximum absolute atomic E-state index is 7.50. The molecule has 0 aliphatic heterocycles. The summed E-state index contributed by atoms with van der Waals surface area (Å²) >= 11 is 0. The highest BCUT2D eigenvalue weighted by Crippen LogP contribution is 2.19. The van der Waals surface area contributed by atoms with Crippen LogP contribution in [0.25, 0.3) is 22.9 Å². The minimum Gasteiger partial charge on any atom is -0.384 e. The molecule has 3 nitrogen and oxygen atoms in total. The summed E-state index contributed by atoms with van der Waals surface area (Å²) in [5.74, 6) is 0.0943. The summed E-state index contributed by atoms with van der Waals surface area (Å²) < 4.78 is 0. The lowest BCUT2D eigenvalue weighted by atomic mass is 10.0. The van der Waals surface area contributed by atoms with Gasteiger partial charge in [0.2, 0.25) is 0 Å². The average Bonchev–Trinajstić information content (AvgIpc) is 2.59. The van der Waals surface area contributed by atoms with Gasteiger partial charge < -0.3 is 11.5 Å². The second-order valence-corrected chi connectivity index (χ2v) is 5.51. The van der Waals surface area contributed by atoms with Crippen LogP contribution in [0.3, 0.4) is 0 Å². The molecule has 0 unspecified atom stereocenters. The normalized spacial score (nSPS) is 11.2. The maximum Gasteiger partial charge on any atom is 0.122 e. The van der Waals surface area contributed by atoms with Gasteiger partial charge in [-0.15, -0.1) is 0 Å². The Morgan fingerprint density at radius 2 is 1.43 bits per heavy atom. The van der Waals surface area contributed by atoms with Crippen molar-refractivity contribution in [3.8, 4) is 0 Å². The molecule has 3 aromatic rings. The molecule has 23 heavy (non-hydrogen) atoms. The van der Waals surface area contributed by atoms with Gasteiger partial charge in [-0.3, -0.25) is 5.41 Å². The first kappa shape index (κ1) is 15.0. The van der Waals surface area contributed by atoms with E-state index in [0.717, 1.165) is 33.0 Å². The fourth-order valence-corrected chi connectivity index (χ4v) is 2.49. The number of hydrogen-bond donors (Lipinski definition) is 3. The van der Waals surface area contributed by atoms with Gasteiger partial charge in [0.1, 0.15) is 5.84 Å². The van der Waals surface area contributed by atoms with Gasteiger partial charge in [0.05, 0.1) is 0 Å². The zero-order valence-electron chi connectivity index (χ0n) is 12.8. The molecule has 0 aliphatic rings. The lowest BCUT2D eigenvalue weighted by Crippen LogP contribution is -2.10. The fourth-order valence-electron chi connectivity index (χ4n) is 2.49. The standard InChI is InChI=1S/C20H19N3/c21-13-16-5-2-14(3-6-16)1-4-15-7-8-18-12-19(20(22)23)10-9-17(18)11-15/h1-12H,13,21H2,(H3,22,23). The highest BCUT2D eigenvalue weighted by molar-refractivity contribution is 5.99. The van der Waals surface area contributed by atoms with Crippen molar-refractivity contribution in [1.29, 1.82) is 5.41 Å². The van der Waals surface area contributed by atoms with E-state index in [9.17, 15) is 0 Å². The van der Waals surface area contributed by atoms with Crippen molar-refractivity contribution in [3.05, 3.63) is 82.9 Å². The van der Waals surface area contributed by atoms with E-state index in [1.54, 1.807) is 0 Å². The fraction of sp³-hybridized carbons (Fsp3) is 0.0500. The van der Waals surface area contributed by atoms with Crippen molar-refractivity contribution in [1.82, 2.24) is 0 Å². The van der Waals surface area contributed by atoms with Crippen LogP contribution in [-0.2, 0) is 6.54 Å². The van der Waals surface area contributed by atoms with Crippen LogP contribution in [-0.4, -0.2) is 5.84 Å². The lowest BCUT2D eigenvalue weighted by molar-refractivity contribution is 1.07. The number of nitrogens with one attached hydrogen (secondary N) is 1. The maximum atomic E-state index is 7.50. The largest absolute Gasteiger partial charge is 0.384 e. The first-order valence-electron chi connectivity index (χ1n) is 7.51. The molecule has 3 rings (SSSR count). The van der Waals surface area contributed by atoms with Gasteiger partial charge in [-0.25, -0.2) is 0 Å². The molecule has 0 saturated heterocycles. The third-order valence-corrected chi connectivity index (χ3v) is 3.86. The topological polar surface area (TPSA) is 75.9 Å². The van der Waals surface area contributed by atoms with E-state index in [0.29, 0.717) is 6.54 Å². The molecule has 0 bridgehead atoms. The van der Waals surface area contributed by atoms with Gasteiger partial charge in [0.25, 0.3) is 0 Å². The van der Waals surface area contributed by atoms with Crippen molar-refractivity contribution in [2.75, 3.05) is 0 Å². The Morgan fingerprint density at radius 1 is 0.826 bits per heavy atom. The Kier molecular flexibility index (Phi) is 4.22. The predicted octanol–water partition coefficient (Wildman–Crippen LogP) is 3.75. The Balaban J connectivity index is 1.86. The van der Waals surface area contributed by atoms with Gasteiger partial charge in [-0.05, 0) is 39.6 Å². The van der Waals surface area contributed by atoms with Crippen molar-refractivity contribution >= 4 is 28.8 Å². The minimum atomic E-state index is 0.0943. The number of fused-ring (bicyclic) bond motifs is 1. The molecule has 0 aromatic heterocycles. The molecule has 3 heteroatoms. The van der Waals surface area contributed by atoms with Crippen LogP contribution in [0.4, 0.5) is 0 Å². The van der Waals surface area contributed by atoms with Crippen LogP contribution < -0.4 is 11.5 Å². The summed E-state index contributed by atoms with van der Waals surface area (Å²) in [6.45, 7) is 0.566. The summed E-state index contributed by atoms with van der Waals surface area (Å²) in [5, 5.41) is 9.72. The Morgan fingerprint density at radius 3 is 2.13 bits per heavy atom. The van der Waals surface area contributed by atoms with Gasteiger partial charge in [-0.1, -0.05) is 60.7 Å². The van der Waals surface area contributed by atoms with Crippen LogP contribution in [0.5, 0.6) is 0 Å². The van der Waals surface area contributed by atoms with E-state index in [4.69, 9.17) is 16.9 Å². The third-order valence-electron chi connectivity index (χ3n) is 3.86. The second-order valence-electron chi connectivity index (χ2n) is 5.51. The number of rotatable bonds is 4. The number of nitrogens with two attached hydrogens (primary N) is 2. The average molecular weight is 301 g/mol. The molecule has 0 radical (unpaired) electrons. The van der Waals surface area contributed by atoms with Crippen LogP contribution >= 0.6 is 0 Å². The van der Waals surface area contributed by atoms with Crippen LogP contribution in [0.2, 0.25) is 0 Å². The molecule has 0 saturated carbocycles. The van der Waals surface area contributed by atoms with Gasteiger partial charge in [0.15, 0.2) is 0 Å². The molecule has 0 spiro atoms. The molecule has 0 fully saturated rings. The molecule has 3 aromatic carbocycles. The summed E-state index contributed by atoms with van der Waals surface area (Å²) in [7, 11) is 0. The molecular weight excluding hydrogens is 282 g/mol. The zero-order valence-corrected chi connectivity index (χ0v) is 12.8. The predicted molar refractivity (Wildman–Crippen MR) is 98.2 cm³/mol. The quantitative estimate of drug-likeness (QED) is 0.390. The van der Waals surface area contributed by atoms with Gasteiger partial charge in [0, 0.05) is 12.1 Å². The lowest BCUT2D eigenvalue weighted by Gasteiger charge is -2.03. The molecule has 0 amide bonds. The van der Waals surface area contributed by atoms with E-state index < -0.39 is 0 Å². The van der Waals surface area contributed by atoms with E-state index >= 15 is 0 Å². The highest BCUT2D eigenvalue weighted by Gasteiger charge is 1.99. The first-order valence-corrected chi connectivity index (χ1v) is 7.51. The second kappa shape index (κ2) is 6.46. The van der Waals surface area contributed by atoms with Crippen molar-refractivity contribution in [2.45, 2.75) is 6.54 Å². The molecule has 114 valence electrons. The summed E-state index contributed by atoms with van der Waals surface area (Å²) in [4.78, 5) is 0. The summed E-state index contributed by atoms with van der Waals surface area (Å²) in [5.41, 5.74) is 15.3. The monoisotopic (exact) mass is 301 g/mol. The van der Waals surface area contributed by atoms with E-state index in [1.165, 1.54) is 0 Å². The van der Waals surface area contributed by atoms with Gasteiger partial charge >= 0.3 is 0 Å². The molecular formula is C20H19N3. The molecule has 5 N–H and O–H groups in total. The smallest absolute Gasteiger partial charge is 0.122 e. The third kappa shape index (κ3) is 3.47. The summed E-state index contributed by atoms with van der Waals surface area (Å²) in [6, 6.07) is 20.3. The van der Waals surface area contributed by atoms with Crippen LogP contribution in [0.1, 0.15) is 22.3 Å². The Labute approximate surface area is 135 Å². The molecule has 0 heterocycles. The van der Waals surface area contributed by atoms with E-state index in [1.807, 2.05) is 30.3 Å². The van der Waals surface area contributed by atoms with Crippen LogP contribution in [0, 0.1) is 5.41 Å².